The SMILES string of the molecule is CC1S[C@H]2C(NC(=O)Cc3ccccc3)C(=O)N2C(C(=O)OCc2ccc([N+](=O)[O-])cc2)=C1Cl. The van der Waals surface area contributed by atoms with Gasteiger partial charge in [0.05, 0.1) is 16.4 Å². The molecule has 0 saturated carbocycles. The summed E-state index contributed by atoms with van der Waals surface area (Å²) in [7, 11) is 0. The van der Waals surface area contributed by atoms with Crippen molar-refractivity contribution in [3.8, 4) is 0 Å². The minimum absolute atomic E-state index is 0.0432. The molecule has 2 aliphatic heterocycles. The molecule has 176 valence electrons. The highest BCUT2D eigenvalue weighted by atomic mass is 35.5. The van der Waals surface area contributed by atoms with Crippen LogP contribution in [0.25, 0.3) is 0 Å². The van der Waals surface area contributed by atoms with Crippen molar-refractivity contribution < 1.29 is 24.0 Å². The molecule has 2 aromatic rings. The zero-order valence-electron chi connectivity index (χ0n) is 18.0. The first-order valence-electron chi connectivity index (χ1n) is 10.4. The third-order valence-electron chi connectivity index (χ3n) is 5.45. The molecule has 2 aliphatic rings. The Morgan fingerprint density at radius 3 is 2.47 bits per heavy atom. The molecule has 34 heavy (non-hydrogen) atoms. The zero-order chi connectivity index (χ0) is 24.4. The molecule has 2 heterocycles. The summed E-state index contributed by atoms with van der Waals surface area (Å²) in [5, 5.41) is 13.0. The quantitative estimate of drug-likeness (QED) is 0.268. The highest BCUT2D eigenvalue weighted by molar-refractivity contribution is 8.01. The molecule has 11 heteroatoms. The fourth-order valence-corrected chi connectivity index (χ4v) is 5.33. The maximum atomic E-state index is 12.9. The first-order chi connectivity index (χ1) is 16.3. The molecular formula is C23H20ClN3O6S. The van der Waals surface area contributed by atoms with E-state index in [2.05, 4.69) is 5.32 Å². The number of carbonyl (C=O) groups is 3. The van der Waals surface area contributed by atoms with Gasteiger partial charge in [0.25, 0.3) is 11.6 Å². The third kappa shape index (κ3) is 4.78. The van der Waals surface area contributed by atoms with Crippen LogP contribution in [-0.4, -0.2) is 44.3 Å². The van der Waals surface area contributed by atoms with E-state index in [1.807, 2.05) is 30.3 Å². The Kier molecular flexibility index (Phi) is 6.90. The van der Waals surface area contributed by atoms with Crippen molar-refractivity contribution in [2.45, 2.75) is 36.6 Å². The number of β-lactam (4-membered cyclic amide) rings is 1. The number of fused-ring (bicyclic) bond motifs is 1. The molecule has 0 bridgehead atoms. The van der Waals surface area contributed by atoms with Crippen LogP contribution in [0.15, 0.2) is 65.3 Å². The summed E-state index contributed by atoms with van der Waals surface area (Å²) < 4.78 is 5.34. The van der Waals surface area contributed by atoms with Crippen LogP contribution in [0.2, 0.25) is 0 Å². The second-order valence-electron chi connectivity index (χ2n) is 7.78. The lowest BCUT2D eigenvalue weighted by molar-refractivity contribution is -0.384. The van der Waals surface area contributed by atoms with Crippen molar-refractivity contribution in [3.63, 3.8) is 0 Å². The number of rotatable bonds is 7. The zero-order valence-corrected chi connectivity index (χ0v) is 19.5. The standard InChI is InChI=1S/C23H20ClN3O6S/c1-13-18(24)20(23(30)33-12-15-7-9-16(10-8-15)27(31)32)26-21(29)19(22(26)34-13)25-17(28)11-14-5-3-2-4-6-14/h2-10,13,19,22H,11-12H2,1H3,(H,25,28)/t13?,19?,22-/m0/s1. The van der Waals surface area contributed by atoms with Crippen LogP contribution in [0, 0.1) is 10.1 Å². The predicted octanol–water partition coefficient (Wildman–Crippen LogP) is 3.12. The van der Waals surface area contributed by atoms with Gasteiger partial charge in [-0.25, -0.2) is 4.79 Å². The Morgan fingerprint density at radius 1 is 1.15 bits per heavy atom. The third-order valence-corrected chi connectivity index (χ3v) is 7.49. The Hall–Kier alpha value is -3.37. The van der Waals surface area contributed by atoms with Gasteiger partial charge in [-0.05, 0) is 30.2 Å². The van der Waals surface area contributed by atoms with Gasteiger partial charge in [0.2, 0.25) is 5.91 Å². The summed E-state index contributed by atoms with van der Waals surface area (Å²) in [5.74, 6) is -1.51. The monoisotopic (exact) mass is 501 g/mol. The minimum Gasteiger partial charge on any atom is -0.456 e. The van der Waals surface area contributed by atoms with E-state index in [1.54, 1.807) is 6.92 Å². The van der Waals surface area contributed by atoms with Gasteiger partial charge in [0.15, 0.2) is 0 Å². The number of ether oxygens (including phenoxy) is 1. The summed E-state index contributed by atoms with van der Waals surface area (Å²) in [4.78, 5) is 49.7. The molecule has 2 aromatic carbocycles. The van der Waals surface area contributed by atoms with E-state index >= 15 is 0 Å². The molecule has 0 aromatic heterocycles. The molecule has 2 unspecified atom stereocenters. The van der Waals surface area contributed by atoms with E-state index in [0.717, 1.165) is 5.56 Å². The lowest BCUT2D eigenvalue weighted by Crippen LogP contribution is -2.71. The molecule has 1 N–H and O–H groups in total. The average molecular weight is 502 g/mol. The number of benzene rings is 2. The summed E-state index contributed by atoms with van der Waals surface area (Å²) in [6.45, 7) is 1.66. The van der Waals surface area contributed by atoms with Crippen molar-refractivity contribution in [2.24, 2.45) is 0 Å². The summed E-state index contributed by atoms with van der Waals surface area (Å²) in [5.41, 5.74) is 1.25. The number of nitrogens with one attached hydrogen (secondary N) is 1. The van der Waals surface area contributed by atoms with Crippen LogP contribution in [-0.2, 0) is 32.1 Å². The minimum atomic E-state index is -0.775. The number of carbonyl (C=O) groups excluding carboxylic acids is 3. The Morgan fingerprint density at radius 2 is 1.82 bits per heavy atom. The maximum absolute atomic E-state index is 12.9. The number of hydrogen-bond donors (Lipinski definition) is 1. The molecule has 3 atom stereocenters. The van der Waals surface area contributed by atoms with Crippen LogP contribution in [0.4, 0.5) is 5.69 Å². The van der Waals surface area contributed by atoms with E-state index in [-0.39, 0.29) is 40.6 Å². The van der Waals surface area contributed by atoms with Crippen LogP contribution < -0.4 is 5.32 Å². The number of amides is 2. The van der Waals surface area contributed by atoms with Gasteiger partial charge in [0, 0.05) is 17.4 Å². The van der Waals surface area contributed by atoms with Gasteiger partial charge in [-0.2, -0.15) is 0 Å². The molecule has 9 nitrogen and oxygen atoms in total. The van der Waals surface area contributed by atoms with E-state index in [0.29, 0.717) is 5.56 Å². The van der Waals surface area contributed by atoms with Crippen molar-refractivity contribution in [1.29, 1.82) is 0 Å². The van der Waals surface area contributed by atoms with Crippen molar-refractivity contribution in [3.05, 3.63) is 86.6 Å². The first kappa shape index (κ1) is 23.8. The lowest BCUT2D eigenvalue weighted by atomic mass is 10.0. The highest BCUT2D eigenvalue weighted by Crippen LogP contribution is 2.45. The average Bonchev–Trinajstić information content (AvgIpc) is 2.83. The van der Waals surface area contributed by atoms with E-state index in [4.69, 9.17) is 16.3 Å². The Bertz CT molecular complexity index is 1170. The molecule has 2 amide bonds. The van der Waals surface area contributed by atoms with Crippen molar-refractivity contribution in [1.82, 2.24) is 10.2 Å². The Labute approximate surface area is 204 Å². The smallest absolute Gasteiger partial charge is 0.356 e. The number of thioether (sulfide) groups is 1. The number of nitrogens with zero attached hydrogens (tertiary/aromatic N) is 2. The predicted molar refractivity (Wildman–Crippen MR) is 126 cm³/mol. The number of nitro benzene ring substituents is 1. The number of halogens is 1. The van der Waals surface area contributed by atoms with Gasteiger partial charge >= 0.3 is 5.97 Å². The first-order valence-corrected chi connectivity index (χ1v) is 11.7. The highest BCUT2D eigenvalue weighted by Gasteiger charge is 2.55. The van der Waals surface area contributed by atoms with Gasteiger partial charge in [-0.3, -0.25) is 24.6 Å². The summed E-state index contributed by atoms with van der Waals surface area (Å²) in [6, 6.07) is 14.0. The van der Waals surface area contributed by atoms with Crippen molar-refractivity contribution >= 4 is 46.8 Å². The van der Waals surface area contributed by atoms with Gasteiger partial charge in [-0.1, -0.05) is 41.9 Å². The number of nitro groups is 1. The van der Waals surface area contributed by atoms with Crippen LogP contribution in [0.3, 0.4) is 0 Å². The van der Waals surface area contributed by atoms with Crippen molar-refractivity contribution in [2.75, 3.05) is 0 Å². The Balaban J connectivity index is 1.41. The topological polar surface area (TPSA) is 119 Å². The number of non-ortho nitro benzene ring substituents is 1. The van der Waals surface area contributed by atoms with Crippen LogP contribution >= 0.6 is 23.4 Å². The van der Waals surface area contributed by atoms with Crippen LogP contribution in [0.1, 0.15) is 18.1 Å². The lowest BCUT2D eigenvalue weighted by Gasteiger charge is -2.50. The normalized spacial score (nSPS) is 21.4. The van der Waals surface area contributed by atoms with Gasteiger partial charge < -0.3 is 10.1 Å². The molecule has 0 spiro atoms. The van der Waals surface area contributed by atoms with Gasteiger partial charge in [-0.15, -0.1) is 11.8 Å². The fraction of sp³-hybridized carbons (Fsp3) is 0.261. The molecule has 4 rings (SSSR count). The molecule has 0 aliphatic carbocycles. The maximum Gasteiger partial charge on any atom is 0.356 e. The summed E-state index contributed by atoms with van der Waals surface area (Å²) in [6.07, 6.45) is 0.137. The molecule has 1 saturated heterocycles. The molecular weight excluding hydrogens is 482 g/mol. The molecule has 1 fully saturated rings. The van der Waals surface area contributed by atoms with Gasteiger partial charge in [0.1, 0.15) is 23.7 Å². The number of esters is 1. The fourth-order valence-electron chi connectivity index (χ4n) is 3.68. The second kappa shape index (κ2) is 9.86. The summed E-state index contributed by atoms with van der Waals surface area (Å²) >= 11 is 7.76. The molecule has 0 radical (unpaired) electrons. The second-order valence-corrected chi connectivity index (χ2v) is 9.65. The largest absolute Gasteiger partial charge is 0.456 e. The van der Waals surface area contributed by atoms with E-state index < -0.39 is 28.2 Å². The van der Waals surface area contributed by atoms with E-state index in [1.165, 1.54) is 40.9 Å². The van der Waals surface area contributed by atoms with E-state index in [9.17, 15) is 24.5 Å². The van der Waals surface area contributed by atoms with Crippen LogP contribution in [0.5, 0.6) is 0 Å². The number of hydrogen-bond acceptors (Lipinski definition) is 7.